The maximum absolute atomic E-state index is 3.58. The van der Waals surface area contributed by atoms with Gasteiger partial charge in [-0.05, 0) is 57.4 Å². The van der Waals surface area contributed by atoms with Gasteiger partial charge in [0.15, 0.2) is 0 Å². The van der Waals surface area contributed by atoms with Gasteiger partial charge in [0, 0.05) is 24.7 Å². The van der Waals surface area contributed by atoms with E-state index >= 15 is 0 Å². The van der Waals surface area contributed by atoms with Crippen LogP contribution in [0.15, 0.2) is 0 Å². The normalized spacial score (nSPS) is 45.4. The van der Waals surface area contributed by atoms with Gasteiger partial charge in [-0.3, -0.25) is 4.90 Å². The van der Waals surface area contributed by atoms with Crippen LogP contribution in [-0.4, -0.2) is 36.1 Å². The topological polar surface area (TPSA) is 15.3 Å². The monoisotopic (exact) mass is 236 g/mol. The molecule has 1 N–H and O–H groups in total. The molecule has 2 aliphatic heterocycles. The molecule has 98 valence electrons. The molecule has 4 unspecified atom stereocenters. The molecule has 0 bridgehead atoms. The number of hydrogen-bond donors (Lipinski definition) is 1. The number of rotatable bonds is 2. The first-order valence-corrected chi connectivity index (χ1v) is 7.60. The number of likely N-dealkylation sites (tertiary alicyclic amines) is 1. The van der Waals surface area contributed by atoms with Crippen molar-refractivity contribution in [1.29, 1.82) is 0 Å². The van der Waals surface area contributed by atoms with Gasteiger partial charge in [0.05, 0.1) is 0 Å². The van der Waals surface area contributed by atoms with Gasteiger partial charge >= 0.3 is 0 Å². The summed E-state index contributed by atoms with van der Waals surface area (Å²) in [5.74, 6) is 2.82. The fraction of sp³-hybridized carbons (Fsp3) is 1.00. The van der Waals surface area contributed by atoms with E-state index in [0.717, 1.165) is 23.8 Å². The van der Waals surface area contributed by atoms with Crippen LogP contribution in [0.25, 0.3) is 0 Å². The molecular weight excluding hydrogens is 208 g/mol. The van der Waals surface area contributed by atoms with Crippen LogP contribution in [0, 0.1) is 17.8 Å². The minimum absolute atomic E-state index is 0.432. The van der Waals surface area contributed by atoms with Crippen molar-refractivity contribution >= 4 is 0 Å². The summed E-state index contributed by atoms with van der Waals surface area (Å²) >= 11 is 0. The quantitative estimate of drug-likeness (QED) is 0.792. The van der Waals surface area contributed by atoms with Gasteiger partial charge in [-0.25, -0.2) is 0 Å². The molecule has 0 aromatic heterocycles. The second-order valence-electron chi connectivity index (χ2n) is 7.07. The van der Waals surface area contributed by atoms with E-state index in [2.05, 4.69) is 31.0 Å². The number of hydrogen-bond acceptors (Lipinski definition) is 2. The lowest BCUT2D eigenvalue weighted by Gasteiger charge is -2.40. The predicted molar refractivity (Wildman–Crippen MR) is 72.1 cm³/mol. The van der Waals surface area contributed by atoms with Crippen molar-refractivity contribution in [3.8, 4) is 0 Å². The highest BCUT2D eigenvalue weighted by Crippen LogP contribution is 2.45. The largest absolute Gasteiger partial charge is 0.316 e. The molecule has 0 aromatic carbocycles. The van der Waals surface area contributed by atoms with Gasteiger partial charge in [0.2, 0.25) is 0 Å². The molecule has 3 rings (SSSR count). The smallest absolute Gasteiger partial charge is 0.0200 e. The third-order valence-corrected chi connectivity index (χ3v) is 5.95. The summed E-state index contributed by atoms with van der Waals surface area (Å²) in [6, 6.07) is 0.889. The van der Waals surface area contributed by atoms with Gasteiger partial charge in [-0.2, -0.15) is 0 Å². The molecule has 1 saturated carbocycles. The summed E-state index contributed by atoms with van der Waals surface area (Å²) in [6.07, 6.45) is 5.78. The Labute approximate surface area is 106 Å². The van der Waals surface area contributed by atoms with Crippen molar-refractivity contribution in [2.45, 2.75) is 58.0 Å². The Bertz CT molecular complexity index is 287. The first-order chi connectivity index (χ1) is 8.13. The zero-order valence-electron chi connectivity index (χ0n) is 11.7. The van der Waals surface area contributed by atoms with Crippen LogP contribution in [0.2, 0.25) is 0 Å². The van der Waals surface area contributed by atoms with Crippen LogP contribution >= 0.6 is 0 Å². The average molecular weight is 236 g/mol. The van der Waals surface area contributed by atoms with E-state index in [1.165, 1.54) is 45.3 Å². The molecule has 3 fully saturated rings. The van der Waals surface area contributed by atoms with E-state index in [1.54, 1.807) is 0 Å². The maximum atomic E-state index is 3.58. The second-order valence-corrected chi connectivity index (χ2v) is 7.07. The summed E-state index contributed by atoms with van der Waals surface area (Å²) in [6.45, 7) is 11.2. The Morgan fingerprint density at radius 3 is 2.71 bits per heavy atom. The van der Waals surface area contributed by atoms with Gasteiger partial charge in [-0.1, -0.05) is 13.3 Å². The Hall–Kier alpha value is -0.0800. The highest BCUT2D eigenvalue weighted by Gasteiger charge is 2.52. The molecule has 0 spiro atoms. The third-order valence-electron chi connectivity index (χ3n) is 5.95. The molecule has 3 aliphatic rings. The molecule has 2 heteroatoms. The molecule has 1 aliphatic carbocycles. The Balaban J connectivity index is 1.72. The standard InChI is InChI=1S/C15H28N2/c1-4-11-5-6-13(7-11)17-10-12-8-16-9-14(12)15(17,2)3/h11-14,16H,4-10H2,1-3H3. The van der Waals surface area contributed by atoms with Crippen LogP contribution in [0.3, 0.4) is 0 Å². The molecule has 0 amide bonds. The Morgan fingerprint density at radius 1 is 1.24 bits per heavy atom. The third kappa shape index (κ3) is 1.84. The second kappa shape index (κ2) is 4.24. The molecule has 17 heavy (non-hydrogen) atoms. The maximum Gasteiger partial charge on any atom is 0.0200 e. The lowest BCUT2D eigenvalue weighted by atomic mass is 9.84. The highest BCUT2D eigenvalue weighted by molar-refractivity contribution is 5.07. The first-order valence-electron chi connectivity index (χ1n) is 7.60. The first kappa shape index (κ1) is 12.0. The summed E-state index contributed by atoms with van der Waals surface area (Å²) in [5, 5.41) is 3.58. The van der Waals surface area contributed by atoms with Crippen LogP contribution in [-0.2, 0) is 0 Å². The summed E-state index contributed by atoms with van der Waals surface area (Å²) in [4.78, 5) is 2.87. The van der Waals surface area contributed by atoms with Crippen LogP contribution in [0.5, 0.6) is 0 Å². The van der Waals surface area contributed by atoms with Crippen LogP contribution in [0.1, 0.15) is 46.5 Å². The molecular formula is C15H28N2. The van der Waals surface area contributed by atoms with Crippen molar-refractivity contribution in [1.82, 2.24) is 10.2 Å². The average Bonchev–Trinajstić information content (AvgIpc) is 2.96. The minimum atomic E-state index is 0.432. The summed E-state index contributed by atoms with van der Waals surface area (Å²) in [7, 11) is 0. The lowest BCUT2D eigenvalue weighted by molar-refractivity contribution is 0.0892. The van der Waals surface area contributed by atoms with E-state index in [-0.39, 0.29) is 0 Å². The van der Waals surface area contributed by atoms with Crippen molar-refractivity contribution < 1.29 is 0 Å². The van der Waals surface area contributed by atoms with E-state index in [1.807, 2.05) is 0 Å². The molecule has 2 nitrogen and oxygen atoms in total. The summed E-state index contributed by atoms with van der Waals surface area (Å²) in [5.41, 5.74) is 0.432. The van der Waals surface area contributed by atoms with Crippen LogP contribution < -0.4 is 5.32 Å². The fourth-order valence-electron chi connectivity index (χ4n) is 4.77. The Kier molecular flexibility index (Phi) is 2.99. The highest BCUT2D eigenvalue weighted by atomic mass is 15.3. The zero-order chi connectivity index (χ0) is 12.0. The predicted octanol–water partition coefficient (Wildman–Crippen LogP) is 2.49. The van der Waals surface area contributed by atoms with Gasteiger partial charge in [0.25, 0.3) is 0 Å². The number of nitrogens with zero attached hydrogens (tertiary/aromatic N) is 1. The van der Waals surface area contributed by atoms with E-state index in [4.69, 9.17) is 0 Å². The minimum Gasteiger partial charge on any atom is -0.316 e. The van der Waals surface area contributed by atoms with Crippen molar-refractivity contribution in [2.75, 3.05) is 19.6 Å². The fourth-order valence-corrected chi connectivity index (χ4v) is 4.77. The van der Waals surface area contributed by atoms with Gasteiger partial charge in [-0.15, -0.1) is 0 Å². The zero-order valence-corrected chi connectivity index (χ0v) is 11.7. The van der Waals surface area contributed by atoms with Crippen LogP contribution in [0.4, 0.5) is 0 Å². The SMILES string of the molecule is CCC1CCC(N2CC3CNCC3C2(C)C)C1. The lowest BCUT2D eigenvalue weighted by Crippen LogP contribution is -2.48. The molecule has 2 heterocycles. The number of nitrogens with one attached hydrogen (secondary N) is 1. The molecule has 0 radical (unpaired) electrons. The molecule has 0 aromatic rings. The van der Waals surface area contributed by atoms with Crippen molar-refractivity contribution in [3.05, 3.63) is 0 Å². The van der Waals surface area contributed by atoms with Crippen molar-refractivity contribution in [3.63, 3.8) is 0 Å². The molecule has 2 saturated heterocycles. The van der Waals surface area contributed by atoms with E-state index in [0.29, 0.717) is 5.54 Å². The van der Waals surface area contributed by atoms with Gasteiger partial charge < -0.3 is 5.32 Å². The molecule has 4 atom stereocenters. The Morgan fingerprint density at radius 2 is 2.06 bits per heavy atom. The van der Waals surface area contributed by atoms with Crippen molar-refractivity contribution in [2.24, 2.45) is 17.8 Å². The van der Waals surface area contributed by atoms with E-state index in [9.17, 15) is 0 Å². The summed E-state index contributed by atoms with van der Waals surface area (Å²) < 4.78 is 0. The van der Waals surface area contributed by atoms with Gasteiger partial charge in [0.1, 0.15) is 0 Å². The van der Waals surface area contributed by atoms with E-state index < -0.39 is 0 Å². The number of fused-ring (bicyclic) bond motifs is 1.